The van der Waals surface area contributed by atoms with Gasteiger partial charge in [0.2, 0.25) is 0 Å². The van der Waals surface area contributed by atoms with Gasteiger partial charge in [0.15, 0.2) is 0 Å². The molecule has 0 aliphatic carbocycles. The molecule has 0 amide bonds. The van der Waals surface area contributed by atoms with Crippen molar-refractivity contribution in [3.63, 3.8) is 0 Å². The van der Waals surface area contributed by atoms with Crippen LogP contribution >= 0.6 is 15.9 Å². The lowest BCUT2D eigenvalue weighted by atomic mass is 10.6. The topological polar surface area (TPSA) is 19.9 Å². The molecule has 0 aromatic heterocycles. The highest BCUT2D eigenvalue weighted by atomic mass is 79.9. The Morgan fingerprint density at radius 2 is 2.50 bits per heavy atom. The van der Waals surface area contributed by atoms with Gasteiger partial charge in [0, 0.05) is 0 Å². The monoisotopic (exact) mass is 149 g/mol. The van der Waals surface area contributed by atoms with Gasteiger partial charge in [-0.15, -0.1) is 0 Å². The lowest BCUT2D eigenvalue weighted by molar-refractivity contribution is 0.232. The largest absolute Gasteiger partial charge is 0.232 e. The maximum absolute atomic E-state index is 9.63. The van der Waals surface area contributed by atoms with Gasteiger partial charge in [-0.2, -0.15) is 0 Å². The molecular weight excluding hydrogens is 144 g/mol. The lowest BCUT2D eigenvalue weighted by Gasteiger charge is -1.75. The molecule has 0 aliphatic heterocycles. The van der Waals surface area contributed by atoms with E-state index in [-0.39, 0.29) is 6.61 Å². The van der Waals surface area contributed by atoms with Gasteiger partial charge >= 0.3 is 0 Å². The van der Waals surface area contributed by atoms with E-state index in [9.17, 15) is 5.11 Å². The predicted molar refractivity (Wildman–Crippen MR) is 28.2 cm³/mol. The van der Waals surface area contributed by atoms with Crippen molar-refractivity contribution >= 4 is 15.9 Å². The summed E-state index contributed by atoms with van der Waals surface area (Å²) in [5, 5.41) is 9.63. The van der Waals surface area contributed by atoms with Gasteiger partial charge in [0.05, 0.1) is 0 Å². The molecule has 0 saturated carbocycles. The molecule has 2 heteroatoms. The number of rotatable bonds is 1. The summed E-state index contributed by atoms with van der Waals surface area (Å²) in [5.74, 6) is 0. The second-order valence-corrected chi connectivity index (χ2v) is 2.21. The molecule has 0 aromatic rings. The molecule has 0 atom stereocenters. The Bertz CT molecular complexity index is 54.6. The molecule has 0 rings (SSSR count). The highest BCUT2D eigenvalue weighted by molar-refractivity contribution is 9.11. The Morgan fingerprint density at radius 3 is 2.50 bits per heavy atom. The van der Waals surface area contributed by atoms with E-state index in [0.717, 1.165) is 4.48 Å². The van der Waals surface area contributed by atoms with Gasteiger partial charge in [-0.3, -0.25) is 0 Å². The van der Waals surface area contributed by atoms with Crippen LogP contribution in [0.1, 0.15) is 6.92 Å². The molecule has 0 saturated heterocycles. The van der Waals surface area contributed by atoms with Crippen molar-refractivity contribution in [1.82, 2.24) is 0 Å². The summed E-state index contributed by atoms with van der Waals surface area (Å²) in [6.45, 7) is 1.70. The van der Waals surface area contributed by atoms with Gasteiger partial charge in [0.1, 0.15) is 6.61 Å². The molecule has 0 bridgehead atoms. The average molecular weight is 150 g/mol. The van der Waals surface area contributed by atoms with Crippen LogP contribution in [0.15, 0.2) is 10.6 Å². The summed E-state index contributed by atoms with van der Waals surface area (Å²) in [4.78, 5) is 0. The first-order valence-electron chi connectivity index (χ1n) is 1.67. The molecule has 0 spiro atoms. The fraction of sp³-hybridized carbons (Fsp3) is 0.500. The minimum absolute atomic E-state index is 0.128. The van der Waals surface area contributed by atoms with Crippen LogP contribution in [-0.4, -0.2) is 6.61 Å². The van der Waals surface area contributed by atoms with E-state index in [0.29, 0.717) is 0 Å². The Kier molecular flexibility index (Phi) is 3.47. The third-order valence-electron chi connectivity index (χ3n) is 0.365. The minimum atomic E-state index is -0.128. The fourth-order valence-electron chi connectivity index (χ4n) is 0.115. The van der Waals surface area contributed by atoms with Crippen molar-refractivity contribution in [3.8, 4) is 0 Å². The highest BCUT2D eigenvalue weighted by Crippen LogP contribution is 1.98. The zero-order chi connectivity index (χ0) is 4.99. The maximum Gasteiger partial charge on any atom is 0.101 e. The first kappa shape index (κ1) is 6.18. The van der Waals surface area contributed by atoms with Gasteiger partial charge in [0.25, 0.3) is 0 Å². The van der Waals surface area contributed by atoms with E-state index >= 15 is 0 Å². The molecule has 1 nitrogen and oxygen atoms in total. The molecule has 6 heavy (non-hydrogen) atoms. The normalized spacial score (nSPS) is 12.2. The summed E-state index contributed by atoms with van der Waals surface area (Å²) >= 11 is 3.10. The van der Waals surface area contributed by atoms with E-state index in [4.69, 9.17) is 0 Å². The third-order valence-corrected chi connectivity index (χ3v) is 0.688. The van der Waals surface area contributed by atoms with Crippen LogP contribution in [0.25, 0.3) is 0 Å². The van der Waals surface area contributed by atoms with Gasteiger partial charge in [-0.25, -0.2) is 5.11 Å². The predicted octanol–water partition coefficient (Wildman–Crippen LogP) is 1.72. The van der Waals surface area contributed by atoms with Crippen LogP contribution in [0.2, 0.25) is 0 Å². The van der Waals surface area contributed by atoms with E-state index in [2.05, 4.69) is 15.9 Å². The number of hydrogen-bond acceptors (Lipinski definition) is 0. The van der Waals surface area contributed by atoms with E-state index in [1.165, 1.54) is 0 Å². The second kappa shape index (κ2) is 3.37. The SMILES string of the molecule is C/C(Br)=C/C[O]. The van der Waals surface area contributed by atoms with E-state index < -0.39 is 0 Å². The van der Waals surface area contributed by atoms with Crippen molar-refractivity contribution in [3.05, 3.63) is 10.6 Å². The summed E-state index contributed by atoms with van der Waals surface area (Å²) < 4.78 is 0.914. The molecule has 0 aromatic carbocycles. The van der Waals surface area contributed by atoms with Gasteiger partial charge in [-0.1, -0.05) is 15.9 Å². The average Bonchev–Trinajstić information content (AvgIpc) is 1.35. The standard InChI is InChI=1S/C4H6BrO/c1-4(5)2-3-6/h2H,3H2,1H3/b4-2-. The van der Waals surface area contributed by atoms with Crippen molar-refractivity contribution in [2.75, 3.05) is 6.61 Å². The van der Waals surface area contributed by atoms with Crippen molar-refractivity contribution in [2.24, 2.45) is 0 Å². The molecule has 1 radical (unpaired) electrons. The van der Waals surface area contributed by atoms with Gasteiger partial charge in [-0.05, 0) is 17.5 Å². The molecule has 0 unspecified atom stereocenters. The Hall–Kier alpha value is 0.180. The van der Waals surface area contributed by atoms with Crippen LogP contribution in [-0.2, 0) is 5.11 Å². The summed E-state index contributed by atoms with van der Waals surface area (Å²) in [5.41, 5.74) is 0. The zero-order valence-corrected chi connectivity index (χ0v) is 5.16. The summed E-state index contributed by atoms with van der Waals surface area (Å²) in [7, 11) is 0. The first-order chi connectivity index (χ1) is 2.77. The molecule has 0 N–H and O–H groups in total. The van der Waals surface area contributed by atoms with Crippen LogP contribution in [0.4, 0.5) is 0 Å². The first-order valence-corrected chi connectivity index (χ1v) is 2.47. The van der Waals surface area contributed by atoms with Crippen molar-refractivity contribution in [1.29, 1.82) is 0 Å². The van der Waals surface area contributed by atoms with Crippen LogP contribution in [0.5, 0.6) is 0 Å². The Balaban J connectivity index is 3.14. The number of halogens is 1. The van der Waals surface area contributed by atoms with Crippen molar-refractivity contribution < 1.29 is 5.11 Å². The quantitative estimate of drug-likeness (QED) is 0.542. The second-order valence-electron chi connectivity index (χ2n) is 0.958. The van der Waals surface area contributed by atoms with Crippen molar-refractivity contribution in [2.45, 2.75) is 6.92 Å². The third kappa shape index (κ3) is 4.18. The maximum atomic E-state index is 9.63. The minimum Gasteiger partial charge on any atom is -0.232 e. The van der Waals surface area contributed by atoms with Crippen LogP contribution in [0.3, 0.4) is 0 Å². The lowest BCUT2D eigenvalue weighted by Crippen LogP contribution is -1.66. The molecule has 0 aliphatic rings. The van der Waals surface area contributed by atoms with E-state index in [1.54, 1.807) is 6.08 Å². The summed E-state index contributed by atoms with van der Waals surface area (Å²) in [6, 6.07) is 0. The Labute approximate surface area is 45.8 Å². The van der Waals surface area contributed by atoms with Crippen LogP contribution in [0, 0.1) is 0 Å². The van der Waals surface area contributed by atoms with Crippen LogP contribution < -0.4 is 0 Å². The molecule has 0 heterocycles. The van der Waals surface area contributed by atoms with Gasteiger partial charge < -0.3 is 0 Å². The molecule has 0 fully saturated rings. The Morgan fingerprint density at radius 1 is 2.00 bits per heavy atom. The molecular formula is C4H6BrO. The smallest absolute Gasteiger partial charge is 0.101 e. The summed E-state index contributed by atoms with van der Waals surface area (Å²) in [6.07, 6.45) is 1.57. The number of allylic oxidation sites excluding steroid dienone is 1. The molecule has 35 valence electrons. The highest BCUT2D eigenvalue weighted by Gasteiger charge is 1.72. The van der Waals surface area contributed by atoms with E-state index in [1.807, 2.05) is 6.92 Å². The zero-order valence-electron chi connectivity index (χ0n) is 3.57. The fourth-order valence-corrected chi connectivity index (χ4v) is 0.247. The number of hydrogen-bond donors (Lipinski definition) is 0.